The van der Waals surface area contributed by atoms with Gasteiger partial charge in [0.25, 0.3) is 0 Å². The zero-order valence-corrected chi connectivity index (χ0v) is 14.7. The maximum atomic E-state index is 4.57. The molecule has 0 unspecified atom stereocenters. The predicted molar refractivity (Wildman–Crippen MR) is 94.4 cm³/mol. The lowest BCUT2D eigenvalue weighted by molar-refractivity contribution is 0.197. The van der Waals surface area contributed by atoms with Crippen LogP contribution in [0, 0.1) is 5.92 Å². The van der Waals surface area contributed by atoms with Crippen molar-refractivity contribution in [2.75, 3.05) is 39.3 Å². The molecule has 1 rings (SSSR count). The molecule has 0 aliphatic carbocycles. The van der Waals surface area contributed by atoms with Gasteiger partial charge in [0.1, 0.15) is 0 Å². The molecule has 5 heteroatoms. The largest absolute Gasteiger partial charge is 0.357 e. The number of piperidine rings is 1. The van der Waals surface area contributed by atoms with E-state index in [-0.39, 0.29) is 24.0 Å². The van der Waals surface area contributed by atoms with Gasteiger partial charge in [0, 0.05) is 19.6 Å². The fraction of sp³-hybridized carbons (Fsp3) is 0.786. The summed E-state index contributed by atoms with van der Waals surface area (Å²) in [7, 11) is 0. The summed E-state index contributed by atoms with van der Waals surface area (Å²) >= 11 is 0. The van der Waals surface area contributed by atoms with Crippen LogP contribution in [-0.2, 0) is 0 Å². The Morgan fingerprint density at radius 1 is 1.37 bits per heavy atom. The van der Waals surface area contributed by atoms with Gasteiger partial charge in [0.15, 0.2) is 5.96 Å². The molecule has 4 nitrogen and oxygen atoms in total. The summed E-state index contributed by atoms with van der Waals surface area (Å²) in [4.78, 5) is 7.08. The second-order valence-electron chi connectivity index (χ2n) is 4.95. The Bertz CT molecular complexity index is 260. The van der Waals surface area contributed by atoms with E-state index in [0.717, 1.165) is 38.1 Å². The Hall–Kier alpha value is -0.300. The van der Waals surface area contributed by atoms with E-state index in [9.17, 15) is 0 Å². The van der Waals surface area contributed by atoms with Gasteiger partial charge in [-0.05, 0) is 38.8 Å². The Morgan fingerprint density at radius 3 is 2.63 bits per heavy atom. The normalized spacial score (nSPS) is 17.7. The predicted octanol–water partition coefficient (Wildman–Crippen LogP) is 2.08. The molecule has 0 aromatic rings. The van der Waals surface area contributed by atoms with E-state index in [0.29, 0.717) is 0 Å². The zero-order chi connectivity index (χ0) is 13.2. The molecule has 1 saturated heterocycles. The van der Waals surface area contributed by atoms with Gasteiger partial charge in [0.05, 0.1) is 6.54 Å². The minimum absolute atomic E-state index is 0. The molecule has 0 aromatic heterocycles. The molecule has 0 atom stereocenters. The fourth-order valence-corrected chi connectivity index (χ4v) is 2.10. The van der Waals surface area contributed by atoms with E-state index in [1.54, 1.807) is 0 Å². The molecule has 19 heavy (non-hydrogen) atoms. The van der Waals surface area contributed by atoms with Crippen LogP contribution in [0.25, 0.3) is 0 Å². The van der Waals surface area contributed by atoms with Crippen molar-refractivity contribution >= 4 is 29.9 Å². The molecular formula is C14H29IN4. The fourth-order valence-electron chi connectivity index (χ4n) is 2.10. The van der Waals surface area contributed by atoms with Crippen molar-refractivity contribution in [1.29, 1.82) is 0 Å². The van der Waals surface area contributed by atoms with E-state index in [2.05, 4.69) is 41.0 Å². The van der Waals surface area contributed by atoms with E-state index in [1.807, 2.05) is 6.08 Å². The van der Waals surface area contributed by atoms with Crippen LogP contribution >= 0.6 is 24.0 Å². The number of rotatable bonds is 6. The summed E-state index contributed by atoms with van der Waals surface area (Å²) in [5.41, 5.74) is 0. The molecule has 0 bridgehead atoms. The SMILES string of the molecule is C=CCNC(=NCCN1CCC(C)CC1)NCC.I. The first-order chi connectivity index (χ1) is 8.76. The lowest BCUT2D eigenvalue weighted by Gasteiger charge is -2.29. The molecule has 1 fully saturated rings. The van der Waals surface area contributed by atoms with Crippen LogP contribution < -0.4 is 10.6 Å². The summed E-state index contributed by atoms with van der Waals surface area (Å²) in [6, 6.07) is 0. The Morgan fingerprint density at radius 2 is 2.05 bits per heavy atom. The average molecular weight is 380 g/mol. The van der Waals surface area contributed by atoms with Crippen molar-refractivity contribution < 1.29 is 0 Å². The third-order valence-electron chi connectivity index (χ3n) is 3.32. The molecular weight excluding hydrogens is 351 g/mol. The van der Waals surface area contributed by atoms with Crippen molar-refractivity contribution in [3.05, 3.63) is 12.7 Å². The standard InChI is InChI=1S/C14H28N4.HI/c1-4-8-16-14(15-5-2)17-9-12-18-10-6-13(3)7-11-18;/h4,13H,1,5-12H2,2-3H3,(H2,15,16,17);1H. The van der Waals surface area contributed by atoms with Gasteiger partial charge in [-0.25, -0.2) is 0 Å². The van der Waals surface area contributed by atoms with Crippen LogP contribution in [-0.4, -0.2) is 50.1 Å². The number of hydrogen-bond donors (Lipinski definition) is 2. The van der Waals surface area contributed by atoms with Gasteiger partial charge >= 0.3 is 0 Å². The van der Waals surface area contributed by atoms with Gasteiger partial charge in [-0.3, -0.25) is 4.99 Å². The first-order valence-electron chi connectivity index (χ1n) is 7.11. The van der Waals surface area contributed by atoms with E-state index >= 15 is 0 Å². The Labute approximate surface area is 135 Å². The first-order valence-corrected chi connectivity index (χ1v) is 7.11. The first kappa shape index (κ1) is 18.7. The second kappa shape index (κ2) is 11.5. The Kier molecular flexibility index (Phi) is 11.3. The number of aliphatic imine (C=N–C) groups is 1. The van der Waals surface area contributed by atoms with Crippen molar-refractivity contribution in [2.24, 2.45) is 10.9 Å². The number of nitrogens with zero attached hydrogens (tertiary/aromatic N) is 2. The smallest absolute Gasteiger partial charge is 0.191 e. The highest BCUT2D eigenvalue weighted by Crippen LogP contribution is 2.15. The molecule has 1 heterocycles. The summed E-state index contributed by atoms with van der Waals surface area (Å²) in [5.74, 6) is 1.79. The highest BCUT2D eigenvalue weighted by atomic mass is 127. The van der Waals surface area contributed by atoms with E-state index in [4.69, 9.17) is 0 Å². The summed E-state index contributed by atoms with van der Waals surface area (Å²) in [5, 5.41) is 6.45. The van der Waals surface area contributed by atoms with E-state index in [1.165, 1.54) is 25.9 Å². The number of guanidine groups is 1. The van der Waals surface area contributed by atoms with E-state index < -0.39 is 0 Å². The van der Waals surface area contributed by atoms with Gasteiger partial charge in [0.2, 0.25) is 0 Å². The van der Waals surface area contributed by atoms with Crippen LogP contribution in [0.3, 0.4) is 0 Å². The maximum Gasteiger partial charge on any atom is 0.191 e. The van der Waals surface area contributed by atoms with Crippen LogP contribution in [0.1, 0.15) is 26.7 Å². The molecule has 112 valence electrons. The number of nitrogens with one attached hydrogen (secondary N) is 2. The molecule has 0 saturated carbocycles. The van der Waals surface area contributed by atoms with Gasteiger partial charge in [-0.1, -0.05) is 13.0 Å². The lowest BCUT2D eigenvalue weighted by atomic mass is 9.99. The highest BCUT2D eigenvalue weighted by molar-refractivity contribution is 14.0. The molecule has 1 aliphatic heterocycles. The molecule has 0 aromatic carbocycles. The summed E-state index contributed by atoms with van der Waals surface area (Å²) in [6.07, 6.45) is 4.51. The van der Waals surface area contributed by atoms with Crippen molar-refractivity contribution in [2.45, 2.75) is 26.7 Å². The number of halogens is 1. The Balaban J connectivity index is 0.00000324. The minimum Gasteiger partial charge on any atom is -0.357 e. The summed E-state index contributed by atoms with van der Waals surface area (Å²) in [6.45, 7) is 14.2. The maximum absolute atomic E-state index is 4.57. The van der Waals surface area contributed by atoms with Gasteiger partial charge in [-0.15, -0.1) is 30.6 Å². The quantitative estimate of drug-likeness (QED) is 0.321. The number of likely N-dealkylation sites (tertiary alicyclic amines) is 1. The van der Waals surface area contributed by atoms with Crippen molar-refractivity contribution in [3.63, 3.8) is 0 Å². The van der Waals surface area contributed by atoms with Crippen LogP contribution in [0.5, 0.6) is 0 Å². The second-order valence-corrected chi connectivity index (χ2v) is 4.95. The summed E-state index contributed by atoms with van der Waals surface area (Å²) < 4.78 is 0. The monoisotopic (exact) mass is 380 g/mol. The van der Waals surface area contributed by atoms with Gasteiger partial charge < -0.3 is 15.5 Å². The number of hydrogen-bond acceptors (Lipinski definition) is 2. The molecule has 0 amide bonds. The molecule has 1 aliphatic rings. The molecule has 2 N–H and O–H groups in total. The van der Waals surface area contributed by atoms with Crippen molar-refractivity contribution in [3.8, 4) is 0 Å². The molecule has 0 radical (unpaired) electrons. The third-order valence-corrected chi connectivity index (χ3v) is 3.32. The van der Waals surface area contributed by atoms with Crippen LogP contribution in [0.4, 0.5) is 0 Å². The topological polar surface area (TPSA) is 39.7 Å². The van der Waals surface area contributed by atoms with Gasteiger partial charge in [-0.2, -0.15) is 0 Å². The van der Waals surface area contributed by atoms with Crippen LogP contribution in [0.2, 0.25) is 0 Å². The highest BCUT2D eigenvalue weighted by Gasteiger charge is 2.14. The minimum atomic E-state index is 0. The third kappa shape index (κ3) is 8.47. The van der Waals surface area contributed by atoms with Crippen molar-refractivity contribution in [1.82, 2.24) is 15.5 Å². The lowest BCUT2D eigenvalue weighted by Crippen LogP contribution is -2.39. The molecule has 0 spiro atoms. The van der Waals surface area contributed by atoms with Crippen LogP contribution in [0.15, 0.2) is 17.6 Å². The average Bonchev–Trinajstić information content (AvgIpc) is 2.38. The zero-order valence-electron chi connectivity index (χ0n) is 12.3.